The van der Waals surface area contributed by atoms with Gasteiger partial charge in [0.2, 0.25) is 5.91 Å². The number of unbranched alkanes of at least 4 members (excludes halogenated alkanes) is 1. The van der Waals surface area contributed by atoms with E-state index in [1.165, 1.54) is 0 Å². The summed E-state index contributed by atoms with van der Waals surface area (Å²) in [6.45, 7) is 1.30. The van der Waals surface area contributed by atoms with Crippen molar-refractivity contribution in [1.82, 2.24) is 5.32 Å². The maximum atomic E-state index is 11.7. The lowest BCUT2D eigenvalue weighted by atomic mass is 10.1. The van der Waals surface area contributed by atoms with Crippen LogP contribution in [-0.4, -0.2) is 26.1 Å². The van der Waals surface area contributed by atoms with E-state index in [0.29, 0.717) is 23.9 Å². The molecule has 0 aliphatic heterocycles. The SMILES string of the molecule is COc1ccc(Cl)cc1CC(=O)NCCCCN. The summed E-state index contributed by atoms with van der Waals surface area (Å²) in [5.41, 5.74) is 6.17. The highest BCUT2D eigenvalue weighted by Gasteiger charge is 2.08. The van der Waals surface area contributed by atoms with Gasteiger partial charge in [-0.2, -0.15) is 0 Å². The van der Waals surface area contributed by atoms with E-state index < -0.39 is 0 Å². The van der Waals surface area contributed by atoms with Gasteiger partial charge in [0, 0.05) is 17.1 Å². The predicted molar refractivity (Wildman–Crippen MR) is 73.0 cm³/mol. The topological polar surface area (TPSA) is 64.3 Å². The molecule has 100 valence electrons. The van der Waals surface area contributed by atoms with Gasteiger partial charge in [-0.3, -0.25) is 4.79 Å². The average Bonchev–Trinajstić information content (AvgIpc) is 2.35. The third kappa shape index (κ3) is 4.94. The molecular weight excluding hydrogens is 252 g/mol. The molecule has 0 bridgehead atoms. The molecule has 0 atom stereocenters. The third-order valence-corrected chi connectivity index (χ3v) is 2.78. The molecule has 5 heteroatoms. The second-order valence-electron chi connectivity index (χ2n) is 3.98. The molecule has 0 heterocycles. The van der Waals surface area contributed by atoms with Crippen molar-refractivity contribution < 1.29 is 9.53 Å². The van der Waals surface area contributed by atoms with Crippen molar-refractivity contribution in [3.8, 4) is 5.75 Å². The first-order valence-electron chi connectivity index (χ1n) is 5.96. The van der Waals surface area contributed by atoms with Crippen LogP contribution in [0.25, 0.3) is 0 Å². The van der Waals surface area contributed by atoms with Crippen LogP contribution in [0.5, 0.6) is 5.75 Å². The predicted octanol–water partition coefficient (Wildman–Crippen LogP) is 1.75. The lowest BCUT2D eigenvalue weighted by molar-refractivity contribution is -0.120. The van der Waals surface area contributed by atoms with Gasteiger partial charge in [-0.1, -0.05) is 11.6 Å². The van der Waals surface area contributed by atoms with E-state index >= 15 is 0 Å². The molecule has 3 N–H and O–H groups in total. The Kier molecular flexibility index (Phi) is 6.54. The third-order valence-electron chi connectivity index (χ3n) is 2.55. The molecule has 0 fully saturated rings. The highest BCUT2D eigenvalue weighted by Crippen LogP contribution is 2.22. The van der Waals surface area contributed by atoms with Gasteiger partial charge in [-0.15, -0.1) is 0 Å². The monoisotopic (exact) mass is 270 g/mol. The average molecular weight is 271 g/mol. The number of amides is 1. The smallest absolute Gasteiger partial charge is 0.224 e. The lowest BCUT2D eigenvalue weighted by Gasteiger charge is -2.09. The summed E-state index contributed by atoms with van der Waals surface area (Å²) in [6.07, 6.45) is 2.09. The van der Waals surface area contributed by atoms with Crippen LogP contribution in [0.15, 0.2) is 18.2 Å². The van der Waals surface area contributed by atoms with Crippen LogP contribution in [-0.2, 0) is 11.2 Å². The van der Waals surface area contributed by atoms with Crippen LogP contribution in [0.1, 0.15) is 18.4 Å². The Balaban J connectivity index is 2.50. The molecule has 1 rings (SSSR count). The van der Waals surface area contributed by atoms with Crippen molar-refractivity contribution in [2.75, 3.05) is 20.2 Å². The summed E-state index contributed by atoms with van der Waals surface area (Å²) in [7, 11) is 1.58. The number of benzene rings is 1. The molecule has 0 saturated carbocycles. The normalized spacial score (nSPS) is 10.2. The Hall–Kier alpha value is -1.26. The van der Waals surface area contributed by atoms with Crippen molar-refractivity contribution in [2.24, 2.45) is 5.73 Å². The van der Waals surface area contributed by atoms with E-state index in [-0.39, 0.29) is 12.3 Å². The first kappa shape index (κ1) is 14.8. The fraction of sp³-hybridized carbons (Fsp3) is 0.462. The van der Waals surface area contributed by atoms with Gasteiger partial charge in [0.05, 0.1) is 13.5 Å². The van der Waals surface area contributed by atoms with Crippen molar-refractivity contribution in [3.05, 3.63) is 28.8 Å². The van der Waals surface area contributed by atoms with Crippen molar-refractivity contribution in [2.45, 2.75) is 19.3 Å². The molecule has 1 aromatic rings. The molecular formula is C13H19ClN2O2. The van der Waals surface area contributed by atoms with Gasteiger partial charge >= 0.3 is 0 Å². The number of halogens is 1. The number of ether oxygens (including phenoxy) is 1. The van der Waals surface area contributed by atoms with Gasteiger partial charge in [0.25, 0.3) is 0 Å². The molecule has 0 saturated heterocycles. The van der Waals surface area contributed by atoms with E-state index in [1.807, 2.05) is 0 Å². The second kappa shape index (κ2) is 7.95. The minimum absolute atomic E-state index is 0.0346. The fourth-order valence-electron chi connectivity index (χ4n) is 1.62. The summed E-state index contributed by atoms with van der Waals surface area (Å²) >= 11 is 5.90. The summed E-state index contributed by atoms with van der Waals surface area (Å²) in [5.74, 6) is 0.643. The summed E-state index contributed by atoms with van der Waals surface area (Å²) in [5, 5.41) is 3.44. The van der Waals surface area contributed by atoms with Crippen LogP contribution in [0.3, 0.4) is 0 Å². The Morgan fingerprint density at radius 3 is 2.89 bits per heavy atom. The fourth-order valence-corrected chi connectivity index (χ4v) is 1.81. The highest BCUT2D eigenvalue weighted by atomic mass is 35.5. The van der Waals surface area contributed by atoms with Crippen LogP contribution in [0.4, 0.5) is 0 Å². The minimum atomic E-state index is -0.0346. The van der Waals surface area contributed by atoms with E-state index in [9.17, 15) is 4.79 Å². The van der Waals surface area contributed by atoms with E-state index in [0.717, 1.165) is 18.4 Å². The molecule has 18 heavy (non-hydrogen) atoms. The maximum Gasteiger partial charge on any atom is 0.224 e. The van der Waals surface area contributed by atoms with Crippen LogP contribution < -0.4 is 15.8 Å². The van der Waals surface area contributed by atoms with Crippen molar-refractivity contribution in [3.63, 3.8) is 0 Å². The van der Waals surface area contributed by atoms with Gasteiger partial charge in [-0.05, 0) is 37.6 Å². The molecule has 0 aliphatic rings. The molecule has 0 aliphatic carbocycles. The van der Waals surface area contributed by atoms with Gasteiger partial charge in [0.15, 0.2) is 0 Å². The Morgan fingerprint density at radius 1 is 1.44 bits per heavy atom. The van der Waals surface area contributed by atoms with Gasteiger partial charge in [-0.25, -0.2) is 0 Å². The number of nitrogens with two attached hydrogens (primary N) is 1. The Morgan fingerprint density at radius 2 is 2.22 bits per heavy atom. The first-order chi connectivity index (χ1) is 8.67. The van der Waals surface area contributed by atoms with E-state index in [1.54, 1.807) is 25.3 Å². The van der Waals surface area contributed by atoms with E-state index in [2.05, 4.69) is 5.32 Å². The minimum Gasteiger partial charge on any atom is -0.496 e. The maximum absolute atomic E-state index is 11.7. The first-order valence-corrected chi connectivity index (χ1v) is 6.34. The number of rotatable bonds is 7. The quantitative estimate of drug-likeness (QED) is 0.742. The largest absolute Gasteiger partial charge is 0.496 e. The molecule has 1 amide bonds. The molecule has 1 aromatic carbocycles. The van der Waals surface area contributed by atoms with Crippen molar-refractivity contribution in [1.29, 1.82) is 0 Å². The molecule has 0 aromatic heterocycles. The summed E-state index contributed by atoms with van der Waals surface area (Å²) in [4.78, 5) is 11.7. The zero-order valence-electron chi connectivity index (χ0n) is 10.5. The lowest BCUT2D eigenvalue weighted by Crippen LogP contribution is -2.26. The summed E-state index contributed by atoms with van der Waals surface area (Å²) in [6, 6.07) is 5.25. The molecule has 0 unspecified atom stereocenters. The number of nitrogens with one attached hydrogen (secondary N) is 1. The number of carbonyl (C=O) groups is 1. The Bertz CT molecular complexity index is 397. The second-order valence-corrected chi connectivity index (χ2v) is 4.42. The van der Waals surface area contributed by atoms with E-state index in [4.69, 9.17) is 22.1 Å². The highest BCUT2D eigenvalue weighted by molar-refractivity contribution is 6.30. The number of hydrogen-bond donors (Lipinski definition) is 2. The van der Waals surface area contributed by atoms with Crippen LogP contribution in [0, 0.1) is 0 Å². The number of methoxy groups -OCH3 is 1. The number of hydrogen-bond acceptors (Lipinski definition) is 3. The standard InChI is InChI=1S/C13H19ClN2O2/c1-18-12-5-4-11(14)8-10(12)9-13(17)16-7-3-2-6-15/h4-5,8H,2-3,6-7,9,15H2,1H3,(H,16,17). The zero-order valence-corrected chi connectivity index (χ0v) is 11.3. The van der Waals surface area contributed by atoms with Crippen molar-refractivity contribution >= 4 is 17.5 Å². The molecule has 4 nitrogen and oxygen atoms in total. The summed E-state index contributed by atoms with van der Waals surface area (Å²) < 4.78 is 5.19. The number of carbonyl (C=O) groups excluding carboxylic acids is 1. The molecule has 0 radical (unpaired) electrons. The Labute approximate surface area is 112 Å². The molecule has 0 spiro atoms. The van der Waals surface area contributed by atoms with Crippen LogP contribution >= 0.6 is 11.6 Å². The van der Waals surface area contributed by atoms with Gasteiger partial charge < -0.3 is 15.8 Å². The zero-order chi connectivity index (χ0) is 13.4. The van der Waals surface area contributed by atoms with Crippen LogP contribution in [0.2, 0.25) is 5.02 Å². The van der Waals surface area contributed by atoms with Gasteiger partial charge in [0.1, 0.15) is 5.75 Å².